The van der Waals surface area contributed by atoms with Gasteiger partial charge in [-0.1, -0.05) is 77.0 Å². The molecule has 0 spiro atoms. The minimum atomic E-state index is -0.887. The van der Waals surface area contributed by atoms with Crippen LogP contribution in [0.1, 0.15) is 157 Å². The van der Waals surface area contributed by atoms with Crippen molar-refractivity contribution in [2.24, 2.45) is 0 Å². The predicted octanol–water partition coefficient (Wildman–Crippen LogP) is 8.26. The zero-order valence-corrected chi connectivity index (χ0v) is 28.5. The van der Waals surface area contributed by atoms with Gasteiger partial charge in [-0.3, -0.25) is 0 Å². The number of hydrogen-bond acceptors (Lipinski definition) is 8. The third-order valence-electron chi connectivity index (χ3n) is 7.60. The monoisotopic (exact) mass is 607 g/mol. The van der Waals surface area contributed by atoms with Crippen LogP contribution in [-0.4, -0.2) is 74.0 Å². The van der Waals surface area contributed by atoms with Crippen molar-refractivity contribution in [2.75, 3.05) is 39.6 Å². The van der Waals surface area contributed by atoms with Gasteiger partial charge in [0.2, 0.25) is 0 Å². The van der Waals surface area contributed by atoms with Crippen LogP contribution in [0.2, 0.25) is 0 Å². The fourth-order valence-corrected chi connectivity index (χ4v) is 5.54. The van der Waals surface area contributed by atoms with Gasteiger partial charge in [0.15, 0.2) is 0 Å². The number of unbranched alkanes of at least 4 members (excludes halogenated alkanes) is 12. The molecular weight excluding hydrogens is 536 g/mol. The summed E-state index contributed by atoms with van der Waals surface area (Å²) < 4.78 is 34.8. The highest BCUT2D eigenvalue weighted by atomic mass is 16.9. The maximum Gasteiger partial charge on any atom is 0.282 e. The Bertz CT molecular complexity index is 480. The molecular formula is C34H70O8. The lowest BCUT2D eigenvalue weighted by Crippen LogP contribution is -2.39. The smallest absolute Gasteiger partial charge is 0.282 e. The molecule has 0 amide bonds. The summed E-state index contributed by atoms with van der Waals surface area (Å²) in [5, 5.41) is 20.7. The van der Waals surface area contributed by atoms with E-state index in [2.05, 4.69) is 0 Å². The number of hydrogen-bond donors (Lipinski definition) is 2. The predicted molar refractivity (Wildman–Crippen MR) is 170 cm³/mol. The van der Waals surface area contributed by atoms with Crippen LogP contribution in [0.5, 0.6) is 0 Å². The first-order valence-electron chi connectivity index (χ1n) is 17.6. The molecule has 0 aliphatic heterocycles. The third-order valence-corrected chi connectivity index (χ3v) is 7.60. The molecule has 0 aromatic carbocycles. The molecule has 8 nitrogen and oxygen atoms in total. The van der Waals surface area contributed by atoms with Crippen molar-refractivity contribution in [3.05, 3.63) is 0 Å². The van der Waals surface area contributed by atoms with E-state index in [0.717, 1.165) is 64.2 Å². The molecule has 2 atom stereocenters. The van der Waals surface area contributed by atoms with Crippen molar-refractivity contribution >= 4 is 0 Å². The van der Waals surface area contributed by atoms with Gasteiger partial charge in [0.1, 0.15) is 0 Å². The van der Waals surface area contributed by atoms with Crippen molar-refractivity contribution in [1.29, 1.82) is 0 Å². The fraction of sp³-hybridized carbons (Fsp3) is 1.00. The summed E-state index contributed by atoms with van der Waals surface area (Å²) in [7, 11) is 0. The van der Waals surface area contributed by atoms with Gasteiger partial charge in [0.25, 0.3) is 11.9 Å². The zero-order chi connectivity index (χ0) is 31.4. The molecule has 0 radical (unpaired) electrons. The maximum atomic E-state index is 10.4. The van der Waals surface area contributed by atoms with Crippen molar-refractivity contribution in [3.8, 4) is 0 Å². The SMILES string of the molecule is CCOC(CCCCCCCCCC(O)C(O)CCCCCCCCCC(OCC)(OCC)OCC)(OCC)OCC. The normalized spacial score (nSPS) is 14.0. The lowest BCUT2D eigenvalue weighted by atomic mass is 9.99. The van der Waals surface area contributed by atoms with E-state index in [9.17, 15) is 10.2 Å². The molecule has 2 N–H and O–H groups in total. The Morgan fingerprint density at radius 1 is 0.357 bits per heavy atom. The van der Waals surface area contributed by atoms with E-state index in [-0.39, 0.29) is 0 Å². The van der Waals surface area contributed by atoms with Crippen LogP contribution in [0.3, 0.4) is 0 Å². The van der Waals surface area contributed by atoms with Crippen molar-refractivity contribution < 1.29 is 38.6 Å². The summed E-state index contributed by atoms with van der Waals surface area (Å²) >= 11 is 0. The van der Waals surface area contributed by atoms with Gasteiger partial charge in [-0.15, -0.1) is 0 Å². The molecule has 0 fully saturated rings. The highest BCUT2D eigenvalue weighted by Crippen LogP contribution is 2.25. The molecule has 42 heavy (non-hydrogen) atoms. The number of aliphatic hydroxyl groups is 2. The summed E-state index contributed by atoms with van der Waals surface area (Å²) in [5.41, 5.74) is 0. The first-order valence-corrected chi connectivity index (χ1v) is 17.6. The summed E-state index contributed by atoms with van der Waals surface area (Å²) in [6, 6.07) is 0. The summed E-state index contributed by atoms with van der Waals surface area (Å²) in [6.45, 7) is 15.2. The lowest BCUT2D eigenvalue weighted by molar-refractivity contribution is -0.380. The van der Waals surface area contributed by atoms with E-state index in [1.165, 1.54) is 38.5 Å². The lowest BCUT2D eigenvalue weighted by Gasteiger charge is -2.32. The van der Waals surface area contributed by atoms with Gasteiger partial charge in [-0.05, 0) is 67.2 Å². The van der Waals surface area contributed by atoms with Crippen molar-refractivity contribution in [2.45, 2.75) is 181 Å². The molecule has 254 valence electrons. The number of aliphatic hydroxyl groups excluding tert-OH is 2. The van der Waals surface area contributed by atoms with Gasteiger partial charge < -0.3 is 38.6 Å². The Labute approximate surface area is 259 Å². The standard InChI is InChI=1S/C34H70O8/c1-7-37-33(38-8-2,39-9-3)29-25-21-17-13-15-19-23-27-31(35)32(36)28-24-20-16-14-18-22-26-30-34(40-10-4,41-11-5)42-12-6/h31-32,35-36H,7-30H2,1-6H3. The second-order valence-electron chi connectivity index (χ2n) is 11.1. The van der Waals surface area contributed by atoms with E-state index in [1.54, 1.807) is 0 Å². The molecule has 0 saturated heterocycles. The first-order chi connectivity index (χ1) is 20.4. The molecule has 0 aromatic rings. The fourth-order valence-electron chi connectivity index (χ4n) is 5.54. The van der Waals surface area contributed by atoms with Crippen LogP contribution >= 0.6 is 0 Å². The van der Waals surface area contributed by atoms with Crippen LogP contribution in [0.25, 0.3) is 0 Å². The minimum absolute atomic E-state index is 0.573. The second kappa shape index (κ2) is 28.2. The number of ether oxygens (including phenoxy) is 6. The third kappa shape index (κ3) is 20.6. The van der Waals surface area contributed by atoms with Crippen molar-refractivity contribution in [1.82, 2.24) is 0 Å². The van der Waals surface area contributed by atoms with Crippen LogP contribution in [0.4, 0.5) is 0 Å². The van der Waals surface area contributed by atoms with E-state index >= 15 is 0 Å². The largest absolute Gasteiger partial charge is 0.390 e. The average Bonchev–Trinajstić information content (AvgIpc) is 2.96. The van der Waals surface area contributed by atoms with E-state index in [4.69, 9.17) is 28.4 Å². The Balaban J connectivity index is 3.81. The van der Waals surface area contributed by atoms with Gasteiger partial charge in [0, 0.05) is 52.5 Å². The highest BCUT2D eigenvalue weighted by molar-refractivity contribution is 4.68. The first kappa shape index (κ1) is 41.7. The van der Waals surface area contributed by atoms with Gasteiger partial charge in [0.05, 0.1) is 12.2 Å². The van der Waals surface area contributed by atoms with Gasteiger partial charge >= 0.3 is 0 Å². The molecule has 0 bridgehead atoms. The molecule has 8 heteroatoms. The van der Waals surface area contributed by atoms with Crippen LogP contribution < -0.4 is 0 Å². The average molecular weight is 607 g/mol. The molecule has 0 saturated carbocycles. The highest BCUT2D eigenvalue weighted by Gasteiger charge is 2.32. The number of rotatable bonds is 33. The molecule has 2 unspecified atom stereocenters. The Morgan fingerprint density at radius 3 is 0.810 bits per heavy atom. The van der Waals surface area contributed by atoms with Gasteiger partial charge in [-0.2, -0.15) is 0 Å². The Hall–Kier alpha value is -0.320. The summed E-state index contributed by atoms with van der Waals surface area (Å²) in [6.07, 6.45) is 17.2. The van der Waals surface area contributed by atoms with E-state index in [1.807, 2.05) is 41.5 Å². The van der Waals surface area contributed by atoms with Crippen LogP contribution in [0, 0.1) is 0 Å². The summed E-state index contributed by atoms with van der Waals surface area (Å²) in [4.78, 5) is 0. The maximum absolute atomic E-state index is 10.4. The topological polar surface area (TPSA) is 95.8 Å². The van der Waals surface area contributed by atoms with E-state index < -0.39 is 24.2 Å². The Morgan fingerprint density at radius 2 is 0.571 bits per heavy atom. The van der Waals surface area contributed by atoms with Crippen LogP contribution in [0.15, 0.2) is 0 Å². The molecule has 0 rings (SSSR count). The molecule has 0 heterocycles. The molecule has 0 aliphatic carbocycles. The Kier molecular flexibility index (Phi) is 28.0. The zero-order valence-electron chi connectivity index (χ0n) is 28.5. The van der Waals surface area contributed by atoms with Gasteiger partial charge in [-0.25, -0.2) is 0 Å². The van der Waals surface area contributed by atoms with Crippen LogP contribution in [-0.2, 0) is 28.4 Å². The van der Waals surface area contributed by atoms with E-state index in [0.29, 0.717) is 52.5 Å². The second-order valence-corrected chi connectivity index (χ2v) is 11.1. The molecule has 0 aromatic heterocycles. The quantitative estimate of drug-likeness (QED) is 0.0569. The molecule has 0 aliphatic rings. The summed E-state index contributed by atoms with van der Waals surface area (Å²) in [5.74, 6) is -1.77. The minimum Gasteiger partial charge on any atom is -0.390 e. The van der Waals surface area contributed by atoms with Crippen molar-refractivity contribution in [3.63, 3.8) is 0 Å².